The molecule has 2 atom stereocenters. The molecule has 28 heavy (non-hydrogen) atoms. The van der Waals surface area contributed by atoms with E-state index in [2.05, 4.69) is 40.8 Å². The summed E-state index contributed by atoms with van der Waals surface area (Å²) < 4.78 is 2.23. The number of hydrogen-bond donors (Lipinski definition) is 3. The molecule has 1 amide bonds. The van der Waals surface area contributed by atoms with E-state index in [1.54, 1.807) is 0 Å². The van der Waals surface area contributed by atoms with Crippen molar-refractivity contribution < 1.29 is 4.79 Å². The van der Waals surface area contributed by atoms with Gasteiger partial charge in [0.1, 0.15) is 5.82 Å². The van der Waals surface area contributed by atoms with Crippen molar-refractivity contribution >= 4 is 18.5 Å². The lowest BCUT2D eigenvalue weighted by atomic mass is 9.89. The van der Waals surface area contributed by atoms with Crippen LogP contribution in [0.1, 0.15) is 31.1 Å². The van der Waals surface area contributed by atoms with E-state index in [-0.39, 0.29) is 11.9 Å². The first-order chi connectivity index (χ1) is 13.7. The third-order valence-electron chi connectivity index (χ3n) is 5.95. The molecule has 3 N–H and O–H groups in total. The third-order valence-corrected chi connectivity index (χ3v) is 6.34. The quantitative estimate of drug-likeness (QED) is 0.673. The Labute approximate surface area is 171 Å². The molecule has 0 spiro atoms. The number of nitrogens with zero attached hydrogens (tertiary/aromatic N) is 3. The third kappa shape index (κ3) is 3.97. The molecule has 6 nitrogen and oxygen atoms in total. The molecule has 0 aliphatic carbocycles. The molecule has 4 rings (SSSR count). The number of fused-ring (bicyclic) bond motifs is 1. The van der Waals surface area contributed by atoms with Gasteiger partial charge in [-0.05, 0) is 38.3 Å². The van der Waals surface area contributed by atoms with E-state index in [1.807, 2.05) is 23.1 Å². The molecule has 3 heterocycles. The van der Waals surface area contributed by atoms with Crippen LogP contribution < -0.4 is 11.1 Å². The van der Waals surface area contributed by atoms with E-state index >= 15 is 0 Å². The largest absolute Gasteiger partial charge is 0.331 e. The number of nitrogens with one attached hydrogen (secondary N) is 1. The smallest absolute Gasteiger partial charge is 0.241 e. The highest BCUT2D eigenvalue weighted by atomic mass is 32.1. The number of piperidine rings is 1. The minimum atomic E-state index is -0.561. The minimum Gasteiger partial charge on any atom is -0.331 e. The van der Waals surface area contributed by atoms with Crippen molar-refractivity contribution in [3.05, 3.63) is 42.4 Å². The first-order valence-electron chi connectivity index (χ1n) is 10.2. The average Bonchev–Trinajstić information content (AvgIpc) is 3.19. The summed E-state index contributed by atoms with van der Waals surface area (Å²) in [7, 11) is 0. The van der Waals surface area contributed by atoms with Gasteiger partial charge in [-0.3, -0.25) is 4.79 Å². The van der Waals surface area contributed by atoms with Gasteiger partial charge in [0, 0.05) is 30.6 Å². The Morgan fingerprint density at radius 1 is 1.25 bits per heavy atom. The molecule has 1 aromatic heterocycles. The van der Waals surface area contributed by atoms with Gasteiger partial charge < -0.3 is 20.5 Å². The van der Waals surface area contributed by atoms with E-state index in [4.69, 9.17) is 10.7 Å². The zero-order valence-corrected chi connectivity index (χ0v) is 17.0. The Kier molecular flexibility index (Phi) is 6.04. The van der Waals surface area contributed by atoms with Crippen LogP contribution in [0, 0.1) is 5.92 Å². The summed E-state index contributed by atoms with van der Waals surface area (Å²) in [5, 5.41) is 3.43. The lowest BCUT2D eigenvalue weighted by molar-refractivity contribution is -0.136. The van der Waals surface area contributed by atoms with Crippen LogP contribution in [0.3, 0.4) is 0 Å². The Balaban J connectivity index is 1.66. The molecule has 1 aromatic carbocycles. The fourth-order valence-corrected chi connectivity index (χ4v) is 4.51. The minimum absolute atomic E-state index is 0.00977. The van der Waals surface area contributed by atoms with Crippen molar-refractivity contribution in [1.29, 1.82) is 0 Å². The fraction of sp³-hybridized carbons (Fsp3) is 0.524. The van der Waals surface area contributed by atoms with Gasteiger partial charge >= 0.3 is 0 Å². The molecular formula is C21H29N5OS. The number of nitrogens with two attached hydrogens (primary N) is 1. The maximum atomic E-state index is 13.0. The summed E-state index contributed by atoms with van der Waals surface area (Å²) in [6.07, 6.45) is 5.35. The van der Waals surface area contributed by atoms with E-state index in [9.17, 15) is 4.79 Å². The van der Waals surface area contributed by atoms with Crippen molar-refractivity contribution in [2.24, 2.45) is 11.7 Å². The molecule has 1 fully saturated rings. The van der Waals surface area contributed by atoms with Crippen LogP contribution in [0.5, 0.6) is 0 Å². The summed E-state index contributed by atoms with van der Waals surface area (Å²) in [5.74, 6) is 1.93. The van der Waals surface area contributed by atoms with E-state index in [0.29, 0.717) is 18.2 Å². The Morgan fingerprint density at radius 2 is 2.00 bits per heavy atom. The molecule has 1 saturated heterocycles. The van der Waals surface area contributed by atoms with Crippen LogP contribution in [0.4, 0.5) is 0 Å². The zero-order valence-electron chi connectivity index (χ0n) is 16.1. The number of aromatic nitrogens is 2. The number of carbonyl (C=O) groups excluding carboxylic acids is 1. The average molecular weight is 400 g/mol. The Hall–Kier alpha value is -1.83. The molecule has 2 unspecified atom stereocenters. The van der Waals surface area contributed by atoms with Crippen molar-refractivity contribution in [3.63, 3.8) is 0 Å². The molecule has 2 aliphatic rings. The molecule has 0 saturated carbocycles. The monoisotopic (exact) mass is 399 g/mol. The van der Waals surface area contributed by atoms with E-state index in [1.165, 1.54) is 0 Å². The molecule has 7 heteroatoms. The highest BCUT2D eigenvalue weighted by Crippen LogP contribution is 2.35. The van der Waals surface area contributed by atoms with E-state index < -0.39 is 6.04 Å². The predicted octanol–water partition coefficient (Wildman–Crippen LogP) is 2.08. The van der Waals surface area contributed by atoms with Crippen molar-refractivity contribution in [2.45, 2.75) is 37.9 Å². The molecule has 2 aliphatic heterocycles. The van der Waals surface area contributed by atoms with Crippen LogP contribution in [0.25, 0.3) is 11.3 Å². The van der Waals surface area contributed by atoms with Crippen molar-refractivity contribution in [2.75, 3.05) is 25.4 Å². The standard InChI is InChI=1S/C21H29N5OS/c22-17(14-28)21(27)26-11-10-25-13-18(16-4-2-1-3-5-16)24-20(25)19(26)12-15-6-8-23-9-7-15/h1-5,13,15,17,19,23,28H,6-12,14,22H2. The van der Waals surface area contributed by atoms with Crippen LogP contribution in [0.15, 0.2) is 36.5 Å². The van der Waals surface area contributed by atoms with Crippen LogP contribution in [0.2, 0.25) is 0 Å². The first kappa shape index (κ1) is 19.5. The van der Waals surface area contributed by atoms with Crippen molar-refractivity contribution in [3.8, 4) is 11.3 Å². The number of imidazole rings is 1. The summed E-state index contributed by atoms with van der Waals surface area (Å²) in [5.41, 5.74) is 8.13. The van der Waals surface area contributed by atoms with E-state index in [0.717, 1.165) is 56.0 Å². The molecule has 150 valence electrons. The fourth-order valence-electron chi connectivity index (χ4n) is 4.35. The van der Waals surface area contributed by atoms with Gasteiger partial charge in [0.05, 0.1) is 17.8 Å². The normalized spacial score (nSPS) is 21.4. The number of amides is 1. The van der Waals surface area contributed by atoms with Gasteiger partial charge in [0.15, 0.2) is 0 Å². The summed E-state index contributed by atoms with van der Waals surface area (Å²) in [4.78, 5) is 19.9. The number of rotatable bonds is 5. The van der Waals surface area contributed by atoms with Gasteiger partial charge in [-0.25, -0.2) is 4.98 Å². The maximum Gasteiger partial charge on any atom is 0.241 e. The van der Waals surface area contributed by atoms with Gasteiger partial charge in [-0.15, -0.1) is 0 Å². The summed E-state index contributed by atoms with van der Waals surface area (Å²) in [6, 6.07) is 9.65. The second-order valence-corrected chi connectivity index (χ2v) is 8.17. The second-order valence-electron chi connectivity index (χ2n) is 7.81. The Bertz CT molecular complexity index is 802. The first-order valence-corrected chi connectivity index (χ1v) is 10.8. The summed E-state index contributed by atoms with van der Waals surface area (Å²) >= 11 is 4.24. The highest BCUT2D eigenvalue weighted by Gasteiger charge is 2.36. The molecule has 2 aromatic rings. The zero-order chi connectivity index (χ0) is 19.5. The molecule has 0 radical (unpaired) electrons. The maximum absolute atomic E-state index is 13.0. The molecule has 0 bridgehead atoms. The van der Waals surface area contributed by atoms with Crippen LogP contribution >= 0.6 is 12.6 Å². The number of thiol groups is 1. The Morgan fingerprint density at radius 3 is 2.71 bits per heavy atom. The second kappa shape index (κ2) is 8.68. The number of benzene rings is 1. The topological polar surface area (TPSA) is 76.2 Å². The van der Waals surface area contributed by atoms with Crippen LogP contribution in [-0.2, 0) is 11.3 Å². The summed E-state index contributed by atoms with van der Waals surface area (Å²) in [6.45, 7) is 3.52. The van der Waals surface area contributed by atoms with Crippen LogP contribution in [-0.4, -0.2) is 51.8 Å². The predicted molar refractivity (Wildman–Crippen MR) is 114 cm³/mol. The van der Waals surface area contributed by atoms with Gasteiger partial charge in [0.2, 0.25) is 5.91 Å². The lowest BCUT2D eigenvalue weighted by Crippen LogP contribution is -2.50. The van der Waals surface area contributed by atoms with Gasteiger partial charge in [0.25, 0.3) is 0 Å². The van der Waals surface area contributed by atoms with Gasteiger partial charge in [-0.2, -0.15) is 12.6 Å². The SMILES string of the molecule is NC(CS)C(=O)N1CCn2cc(-c3ccccc3)nc2C1CC1CCNCC1. The van der Waals surface area contributed by atoms with Crippen molar-refractivity contribution in [1.82, 2.24) is 19.8 Å². The number of hydrogen-bond acceptors (Lipinski definition) is 5. The molecular weight excluding hydrogens is 370 g/mol. The van der Waals surface area contributed by atoms with Gasteiger partial charge in [-0.1, -0.05) is 30.3 Å². The highest BCUT2D eigenvalue weighted by molar-refractivity contribution is 7.80. The lowest BCUT2D eigenvalue weighted by Gasteiger charge is -2.39. The number of carbonyl (C=O) groups is 1.